The zero-order chi connectivity index (χ0) is 66.9. The van der Waals surface area contributed by atoms with Crippen molar-refractivity contribution in [3.8, 4) is 33.4 Å². The van der Waals surface area contributed by atoms with Crippen LogP contribution in [-0.4, -0.2) is 0 Å². The molecule has 3 aliphatic rings. The SMILES string of the molecule is S=P1(c2ccccc2)c2cc(-c3cccc(N(c4ccccc4)c4ccccc4)c3)cc3c2N2c4c1cc(-c1cccc(N(c5ccccc5)c5ccccc5)c1)cc4P(=S)(c1ccccc1)c1cc(-c4cccc(N(c5ccccc5)c5ccccc5)c4)cc(c12)P3(=S)c1ccccc1. The Kier molecular flexibility index (Phi) is 15.6. The molecule has 3 aliphatic heterocycles. The third-order valence-corrected chi connectivity index (χ3v) is 34.3. The van der Waals surface area contributed by atoms with E-state index in [0.29, 0.717) is 0 Å². The Balaban J connectivity index is 0.964. The zero-order valence-electron chi connectivity index (χ0n) is 54.2. The predicted octanol–water partition coefficient (Wildman–Crippen LogP) is 20.8. The smallest absolute Gasteiger partial charge is 0.0644 e. The van der Waals surface area contributed by atoms with Crippen molar-refractivity contribution in [2.24, 2.45) is 0 Å². The first-order valence-electron chi connectivity index (χ1n) is 33.6. The van der Waals surface area contributed by atoms with Crippen LogP contribution in [0, 0.1) is 0 Å². The van der Waals surface area contributed by atoms with Crippen LogP contribution in [-0.2, 0) is 35.4 Å². The van der Waals surface area contributed by atoms with Gasteiger partial charge in [-0.05, 0) is 195 Å². The Hall–Kier alpha value is -10.6. The summed E-state index contributed by atoms with van der Waals surface area (Å²) in [5.41, 5.74) is 19.1. The largest absolute Gasteiger partial charge is 0.310 e. The van der Waals surface area contributed by atoms with Crippen LogP contribution in [0.3, 0.4) is 0 Å². The molecule has 0 N–H and O–H groups in total. The van der Waals surface area contributed by atoms with Crippen molar-refractivity contribution >= 4 is 170 Å². The highest BCUT2D eigenvalue weighted by Gasteiger charge is 2.53. The molecule has 0 radical (unpaired) electrons. The number of rotatable bonds is 15. The van der Waals surface area contributed by atoms with E-state index in [2.05, 4.69) is 402 Å². The molecule has 0 aliphatic carbocycles. The summed E-state index contributed by atoms with van der Waals surface area (Å²) in [6, 6.07) is 130. The summed E-state index contributed by atoms with van der Waals surface area (Å²) in [4.78, 5) is 9.68. The summed E-state index contributed by atoms with van der Waals surface area (Å²) in [6.07, 6.45) is 0. The molecule has 0 unspecified atom stereocenters. The van der Waals surface area contributed by atoms with Crippen molar-refractivity contribution in [3.05, 3.63) is 382 Å². The highest BCUT2D eigenvalue weighted by atomic mass is 32.4. The highest BCUT2D eigenvalue weighted by Crippen LogP contribution is 2.67. The summed E-state index contributed by atoms with van der Waals surface area (Å²) in [7, 11) is 0. The van der Waals surface area contributed by atoms with Gasteiger partial charge in [0.05, 0.1) is 17.1 Å². The maximum Gasteiger partial charge on any atom is 0.0644 e. The molecule has 100 heavy (non-hydrogen) atoms. The minimum Gasteiger partial charge on any atom is -0.310 e. The molecule has 15 aromatic rings. The van der Waals surface area contributed by atoms with E-state index in [0.717, 1.165) is 149 Å². The third-order valence-electron chi connectivity index (χ3n) is 19.7. The van der Waals surface area contributed by atoms with E-state index >= 15 is 0 Å². The fourth-order valence-electron chi connectivity index (χ4n) is 15.2. The van der Waals surface area contributed by atoms with E-state index < -0.39 is 18.1 Å². The second-order valence-corrected chi connectivity index (χ2v) is 38.5. The second kappa shape index (κ2) is 25.3. The summed E-state index contributed by atoms with van der Waals surface area (Å²) in [5, 5.41) is 10.0. The van der Waals surface area contributed by atoms with Crippen LogP contribution in [0.1, 0.15) is 0 Å². The maximum atomic E-state index is 8.00. The van der Waals surface area contributed by atoms with Crippen molar-refractivity contribution in [1.82, 2.24) is 0 Å². The zero-order valence-corrected chi connectivity index (χ0v) is 59.4. The van der Waals surface area contributed by atoms with Crippen LogP contribution in [0.25, 0.3) is 33.4 Å². The average molecular weight is 1390 g/mol. The normalized spacial score (nSPS) is 16.6. The Labute approximate surface area is 600 Å². The Morgan fingerprint density at radius 3 is 0.560 bits per heavy atom. The fourth-order valence-corrected chi connectivity index (χ4v) is 28.3. The molecule has 0 amide bonds. The van der Waals surface area contributed by atoms with Gasteiger partial charge in [0.2, 0.25) is 0 Å². The number of anilines is 12. The monoisotopic (exact) mass is 1390 g/mol. The van der Waals surface area contributed by atoms with Crippen molar-refractivity contribution in [1.29, 1.82) is 0 Å². The summed E-state index contributed by atoms with van der Waals surface area (Å²) in [5.74, 6) is 0. The number of benzene rings is 15. The minimum atomic E-state index is -3.16. The average Bonchev–Trinajstić information content (AvgIpc) is 0.652. The quantitative estimate of drug-likeness (QED) is 0.0937. The molecule has 0 aromatic heterocycles. The molecule has 476 valence electrons. The van der Waals surface area contributed by atoms with Crippen molar-refractivity contribution in [2.75, 3.05) is 19.6 Å². The van der Waals surface area contributed by atoms with Crippen molar-refractivity contribution < 1.29 is 0 Å². The van der Waals surface area contributed by atoms with Crippen LogP contribution in [0.15, 0.2) is 382 Å². The van der Waals surface area contributed by atoms with E-state index in [1.165, 1.54) is 0 Å². The van der Waals surface area contributed by atoms with Crippen LogP contribution in [0.5, 0.6) is 0 Å². The molecular formula is C90H63N4P3S3. The first-order chi connectivity index (χ1) is 49.2. The Bertz CT molecular complexity index is 5000. The minimum absolute atomic E-state index is 1.04. The maximum absolute atomic E-state index is 8.00. The standard InChI is InChI=1S/C90H63N4P3S3/c98-95(79-49-22-7-23-50-79)82-58-67(64-31-28-46-76(55-64)91(70-34-10-1-11-35-70)71-36-12-2-13-37-71)59-83-88(82)94-89-84(95)60-68(65-32-29-47-77(56-65)92(72-38-14-3-15-39-72)73-40-16-4-17-41-73)62-86(89)97(100,81-53-26-9-27-54-81)87-63-69(61-85(90(87)94)96(83,99)80-51-24-8-25-52-80)66-33-30-48-78(57-66)93(74-42-18-5-19-43-74)75-44-20-6-21-45-75/h1-63H. The van der Waals surface area contributed by atoms with Gasteiger partial charge >= 0.3 is 0 Å². The van der Waals surface area contributed by atoms with Gasteiger partial charge in [-0.25, -0.2) is 0 Å². The number of para-hydroxylation sites is 6. The Morgan fingerprint density at radius 1 is 0.180 bits per heavy atom. The van der Waals surface area contributed by atoms with Crippen LogP contribution in [0.4, 0.5) is 68.2 Å². The first kappa shape index (κ1) is 61.8. The molecule has 0 atom stereocenters. The van der Waals surface area contributed by atoms with E-state index in [1.807, 2.05) is 0 Å². The van der Waals surface area contributed by atoms with Crippen LogP contribution in [0.2, 0.25) is 0 Å². The van der Waals surface area contributed by atoms with Crippen molar-refractivity contribution in [3.63, 3.8) is 0 Å². The molecule has 15 aromatic carbocycles. The predicted molar refractivity (Wildman–Crippen MR) is 440 cm³/mol. The van der Waals surface area contributed by atoms with Gasteiger partial charge in [-0.15, -0.1) is 0 Å². The summed E-state index contributed by atoms with van der Waals surface area (Å²) in [6.45, 7) is 0. The first-order valence-corrected chi connectivity index (χ1v) is 42.0. The Morgan fingerprint density at radius 2 is 0.360 bits per heavy atom. The van der Waals surface area contributed by atoms with Gasteiger partial charge < -0.3 is 19.6 Å². The third kappa shape index (κ3) is 10.2. The lowest BCUT2D eigenvalue weighted by atomic mass is 10.00. The van der Waals surface area contributed by atoms with Gasteiger partial charge in [-0.1, -0.05) is 272 Å². The number of nitrogens with zero attached hydrogens (tertiary/aromatic N) is 4. The van der Waals surface area contributed by atoms with E-state index in [9.17, 15) is 0 Å². The van der Waals surface area contributed by atoms with Gasteiger partial charge in [0.25, 0.3) is 0 Å². The van der Waals surface area contributed by atoms with Gasteiger partial charge in [0, 0.05) is 101 Å². The van der Waals surface area contributed by atoms with Gasteiger partial charge in [0.15, 0.2) is 0 Å². The molecular weight excluding hydrogens is 1330 g/mol. The molecule has 0 saturated carbocycles. The van der Waals surface area contributed by atoms with Gasteiger partial charge in [-0.2, -0.15) is 0 Å². The van der Waals surface area contributed by atoms with E-state index in [4.69, 9.17) is 35.4 Å². The summed E-state index contributed by atoms with van der Waals surface area (Å²) < 4.78 is 0. The lowest BCUT2D eigenvalue weighted by Gasteiger charge is -2.52. The number of hydrogen-bond acceptors (Lipinski definition) is 7. The molecule has 0 fully saturated rings. The molecule has 0 saturated heterocycles. The highest BCUT2D eigenvalue weighted by molar-refractivity contribution is 8.28. The second-order valence-electron chi connectivity index (χ2n) is 25.4. The van der Waals surface area contributed by atoms with E-state index in [-0.39, 0.29) is 0 Å². The van der Waals surface area contributed by atoms with Gasteiger partial charge in [-0.3, -0.25) is 0 Å². The van der Waals surface area contributed by atoms with E-state index in [1.54, 1.807) is 0 Å². The van der Waals surface area contributed by atoms with Crippen LogP contribution < -0.4 is 67.3 Å². The van der Waals surface area contributed by atoms with Crippen molar-refractivity contribution in [2.45, 2.75) is 0 Å². The summed E-state index contributed by atoms with van der Waals surface area (Å²) >= 11 is 24.0. The molecule has 0 spiro atoms. The lowest BCUT2D eigenvalue weighted by Crippen LogP contribution is -2.52. The fraction of sp³-hybridized carbons (Fsp3) is 0. The molecule has 10 heteroatoms. The molecule has 0 bridgehead atoms. The molecule has 18 rings (SSSR count). The topological polar surface area (TPSA) is 13.0 Å². The molecule has 3 heterocycles. The molecule has 4 nitrogen and oxygen atoms in total. The lowest BCUT2D eigenvalue weighted by molar-refractivity contribution is 1.28. The number of hydrogen-bond donors (Lipinski definition) is 0. The van der Waals surface area contributed by atoms with Crippen LogP contribution >= 0.6 is 18.1 Å². The van der Waals surface area contributed by atoms with Gasteiger partial charge in [0.1, 0.15) is 0 Å².